The predicted octanol–water partition coefficient (Wildman–Crippen LogP) is 4.75. The number of aliphatic hydroxyl groups excluding tert-OH is 1. The molecule has 20 heavy (non-hydrogen) atoms. The molecule has 0 saturated heterocycles. The summed E-state index contributed by atoms with van der Waals surface area (Å²) in [5, 5.41) is 20.3. The van der Waals surface area contributed by atoms with E-state index in [1.54, 1.807) is 6.20 Å². The van der Waals surface area contributed by atoms with Crippen LogP contribution in [-0.4, -0.2) is 10.1 Å². The van der Waals surface area contributed by atoms with E-state index in [9.17, 15) is 10.4 Å². The molecule has 1 aliphatic carbocycles. The summed E-state index contributed by atoms with van der Waals surface area (Å²) in [5.74, 6) is 0. The van der Waals surface area contributed by atoms with Crippen LogP contribution in [0.2, 0.25) is 0 Å². The lowest BCUT2D eigenvalue weighted by molar-refractivity contribution is 0.00651. The largest absolute Gasteiger partial charge is 0.385 e. The van der Waals surface area contributed by atoms with Crippen molar-refractivity contribution in [2.45, 2.75) is 45.6 Å². The van der Waals surface area contributed by atoms with Crippen molar-refractivity contribution in [3.05, 3.63) is 26.9 Å². The van der Waals surface area contributed by atoms with E-state index in [4.69, 9.17) is 0 Å². The highest BCUT2D eigenvalue weighted by molar-refractivity contribution is 9.11. The maximum Gasteiger partial charge on any atom is 0.116 e. The molecule has 2 rings (SSSR count). The van der Waals surface area contributed by atoms with Crippen LogP contribution < -0.4 is 0 Å². The molecule has 1 unspecified atom stereocenters. The van der Waals surface area contributed by atoms with Crippen LogP contribution in [0.4, 0.5) is 0 Å². The van der Waals surface area contributed by atoms with E-state index in [-0.39, 0.29) is 5.41 Å². The van der Waals surface area contributed by atoms with Gasteiger partial charge in [0.25, 0.3) is 0 Å². The first-order valence-corrected chi connectivity index (χ1v) is 8.29. The molecular weight excluding hydrogens is 384 g/mol. The van der Waals surface area contributed by atoms with Crippen LogP contribution in [0.1, 0.15) is 51.3 Å². The summed E-state index contributed by atoms with van der Waals surface area (Å²) in [4.78, 5) is 4.29. The SMILES string of the molecule is CC1(C)CCC(C#N)(C(O)c2ncc(Br)cc2Br)CC1. The normalized spacial score (nSPS) is 22.0. The second kappa shape index (κ2) is 5.75. The lowest BCUT2D eigenvalue weighted by Gasteiger charge is -2.41. The Bertz CT molecular complexity index is 541. The number of pyridine rings is 1. The third kappa shape index (κ3) is 3.08. The maximum atomic E-state index is 10.7. The van der Waals surface area contributed by atoms with Gasteiger partial charge in [0.1, 0.15) is 6.10 Å². The first kappa shape index (κ1) is 15.9. The van der Waals surface area contributed by atoms with Gasteiger partial charge in [0.05, 0.1) is 17.2 Å². The van der Waals surface area contributed by atoms with Crippen molar-refractivity contribution in [2.75, 3.05) is 0 Å². The number of aromatic nitrogens is 1. The Morgan fingerprint density at radius 2 is 1.90 bits per heavy atom. The number of halogens is 2. The Hall–Kier alpha value is -0.440. The predicted molar refractivity (Wildman–Crippen MR) is 84.9 cm³/mol. The highest BCUT2D eigenvalue weighted by atomic mass is 79.9. The minimum absolute atomic E-state index is 0.254. The highest BCUT2D eigenvalue weighted by Crippen LogP contribution is 2.51. The number of hydrogen-bond donors (Lipinski definition) is 1. The molecular formula is C15H18Br2N2O. The second-order valence-electron chi connectivity index (χ2n) is 6.36. The number of nitrogens with zero attached hydrogens (tertiary/aromatic N) is 2. The van der Waals surface area contributed by atoms with E-state index >= 15 is 0 Å². The van der Waals surface area contributed by atoms with Crippen molar-refractivity contribution in [3.63, 3.8) is 0 Å². The molecule has 0 aromatic carbocycles. The van der Waals surface area contributed by atoms with Gasteiger partial charge in [0, 0.05) is 15.1 Å². The Morgan fingerprint density at radius 3 is 2.40 bits per heavy atom. The quantitative estimate of drug-likeness (QED) is 0.777. The van der Waals surface area contributed by atoms with Crippen LogP contribution in [0.25, 0.3) is 0 Å². The number of nitriles is 1. The number of rotatable bonds is 2. The first-order chi connectivity index (χ1) is 9.30. The smallest absolute Gasteiger partial charge is 0.116 e. The van der Waals surface area contributed by atoms with Gasteiger partial charge in [-0.3, -0.25) is 4.98 Å². The van der Waals surface area contributed by atoms with E-state index in [2.05, 4.69) is 56.8 Å². The first-order valence-electron chi connectivity index (χ1n) is 6.70. The minimum atomic E-state index is -0.855. The molecule has 1 aliphatic rings. The van der Waals surface area contributed by atoms with Gasteiger partial charge in [-0.05, 0) is 69.0 Å². The number of aliphatic hydroxyl groups is 1. The van der Waals surface area contributed by atoms with E-state index < -0.39 is 11.5 Å². The molecule has 1 aromatic heterocycles. The maximum absolute atomic E-state index is 10.7. The van der Waals surface area contributed by atoms with Crippen LogP contribution in [0.5, 0.6) is 0 Å². The summed E-state index contributed by atoms with van der Waals surface area (Å²) < 4.78 is 1.58. The minimum Gasteiger partial charge on any atom is -0.385 e. The molecule has 1 N–H and O–H groups in total. The monoisotopic (exact) mass is 400 g/mol. The van der Waals surface area contributed by atoms with Gasteiger partial charge in [-0.1, -0.05) is 13.8 Å². The summed E-state index contributed by atoms with van der Waals surface area (Å²) >= 11 is 6.78. The summed E-state index contributed by atoms with van der Waals surface area (Å²) in [6.07, 6.45) is 4.12. The van der Waals surface area contributed by atoms with E-state index in [0.29, 0.717) is 18.5 Å². The molecule has 0 aliphatic heterocycles. The van der Waals surface area contributed by atoms with Crippen molar-refractivity contribution >= 4 is 31.9 Å². The zero-order valence-corrected chi connectivity index (χ0v) is 14.8. The molecule has 108 valence electrons. The van der Waals surface area contributed by atoms with Gasteiger partial charge in [0.15, 0.2) is 0 Å². The van der Waals surface area contributed by atoms with Crippen LogP contribution in [0.3, 0.4) is 0 Å². The lowest BCUT2D eigenvalue weighted by atomic mass is 9.63. The third-order valence-corrected chi connectivity index (χ3v) is 5.41. The Kier molecular flexibility index (Phi) is 4.58. The Balaban J connectivity index is 2.31. The summed E-state index contributed by atoms with van der Waals surface area (Å²) in [5.41, 5.74) is 0.0815. The molecule has 1 atom stereocenters. The fraction of sp³-hybridized carbons (Fsp3) is 0.600. The Morgan fingerprint density at radius 1 is 1.30 bits per heavy atom. The van der Waals surface area contributed by atoms with Crippen LogP contribution in [-0.2, 0) is 0 Å². The molecule has 0 spiro atoms. The molecule has 3 nitrogen and oxygen atoms in total. The van der Waals surface area contributed by atoms with Crippen molar-refractivity contribution in [3.8, 4) is 6.07 Å². The van der Waals surface area contributed by atoms with Gasteiger partial charge in [-0.2, -0.15) is 5.26 Å². The van der Waals surface area contributed by atoms with E-state index in [1.165, 1.54) is 0 Å². The van der Waals surface area contributed by atoms with Crippen LogP contribution in [0.15, 0.2) is 21.2 Å². The fourth-order valence-electron chi connectivity index (χ4n) is 2.71. The van der Waals surface area contributed by atoms with Crippen LogP contribution in [0, 0.1) is 22.2 Å². The molecule has 5 heteroatoms. The van der Waals surface area contributed by atoms with Crippen molar-refractivity contribution in [2.24, 2.45) is 10.8 Å². The van der Waals surface area contributed by atoms with Crippen molar-refractivity contribution in [1.29, 1.82) is 5.26 Å². The lowest BCUT2D eigenvalue weighted by Crippen LogP contribution is -2.35. The standard InChI is InChI=1S/C15H18Br2N2O/c1-14(2)3-5-15(9-18,6-4-14)13(20)12-11(17)7-10(16)8-19-12/h7-8,13,20H,3-6H2,1-2H3. The molecule has 1 aromatic rings. The summed E-state index contributed by atoms with van der Waals surface area (Å²) in [7, 11) is 0. The van der Waals surface area contributed by atoms with Gasteiger partial charge in [0.2, 0.25) is 0 Å². The second-order valence-corrected chi connectivity index (χ2v) is 8.13. The van der Waals surface area contributed by atoms with Gasteiger partial charge >= 0.3 is 0 Å². The van der Waals surface area contributed by atoms with Gasteiger partial charge in [-0.15, -0.1) is 0 Å². The number of hydrogen-bond acceptors (Lipinski definition) is 3. The highest BCUT2D eigenvalue weighted by Gasteiger charge is 2.45. The third-order valence-electron chi connectivity index (χ3n) is 4.34. The average Bonchev–Trinajstić information content (AvgIpc) is 2.39. The molecule has 1 heterocycles. The molecule has 0 bridgehead atoms. The van der Waals surface area contributed by atoms with Gasteiger partial charge in [-0.25, -0.2) is 0 Å². The zero-order chi connectivity index (χ0) is 15.0. The van der Waals surface area contributed by atoms with E-state index in [1.807, 2.05) is 6.07 Å². The van der Waals surface area contributed by atoms with Crippen molar-refractivity contribution < 1.29 is 5.11 Å². The summed E-state index contributed by atoms with van der Waals surface area (Å²) in [6.45, 7) is 4.43. The van der Waals surface area contributed by atoms with Crippen molar-refractivity contribution in [1.82, 2.24) is 4.98 Å². The molecule has 0 amide bonds. The molecule has 1 fully saturated rings. The average molecular weight is 402 g/mol. The summed E-state index contributed by atoms with van der Waals surface area (Å²) in [6, 6.07) is 4.22. The van der Waals surface area contributed by atoms with E-state index in [0.717, 1.165) is 21.8 Å². The topological polar surface area (TPSA) is 56.9 Å². The molecule has 1 saturated carbocycles. The van der Waals surface area contributed by atoms with Gasteiger partial charge < -0.3 is 5.11 Å². The zero-order valence-electron chi connectivity index (χ0n) is 11.7. The molecule has 0 radical (unpaired) electrons. The fourth-order valence-corrected chi connectivity index (χ4v) is 3.91. The Labute approximate surface area is 136 Å². The van der Waals surface area contributed by atoms with Crippen LogP contribution >= 0.6 is 31.9 Å².